The van der Waals surface area contributed by atoms with Gasteiger partial charge in [-0.1, -0.05) is 6.92 Å². The second-order valence-corrected chi connectivity index (χ2v) is 5.07. The lowest BCUT2D eigenvalue weighted by molar-refractivity contribution is 0.0132. The Balaban J connectivity index is 4.39. The Morgan fingerprint density at radius 1 is 1.41 bits per heavy atom. The number of amides is 1. The fraction of sp³-hybridized carbons (Fsp3) is 0.917. The van der Waals surface area contributed by atoms with E-state index in [1.54, 1.807) is 20.8 Å². The Hall–Kier alpha value is -0.810. The van der Waals surface area contributed by atoms with Crippen LogP contribution in [0.1, 0.15) is 40.5 Å². The smallest absolute Gasteiger partial charge is 0.410 e. The Morgan fingerprint density at radius 2 is 2.00 bits per heavy atom. The zero-order chi connectivity index (χ0) is 13.5. The van der Waals surface area contributed by atoms with Crippen LogP contribution in [0.3, 0.4) is 0 Å². The molecule has 0 heterocycles. The van der Waals surface area contributed by atoms with E-state index in [-0.39, 0.29) is 13.2 Å². The average molecular weight is 247 g/mol. The number of ether oxygens (including phenoxy) is 1. The molecular weight excluding hydrogens is 222 g/mol. The van der Waals surface area contributed by atoms with Crippen LogP contribution in [0.15, 0.2) is 0 Å². The van der Waals surface area contributed by atoms with Crippen molar-refractivity contribution in [2.75, 3.05) is 19.7 Å². The van der Waals surface area contributed by atoms with Crippen LogP contribution in [0.2, 0.25) is 0 Å². The summed E-state index contributed by atoms with van der Waals surface area (Å²) in [4.78, 5) is 13.3. The van der Waals surface area contributed by atoms with Gasteiger partial charge in [-0.2, -0.15) is 0 Å². The van der Waals surface area contributed by atoms with Gasteiger partial charge >= 0.3 is 6.09 Å². The van der Waals surface area contributed by atoms with Gasteiger partial charge in [-0.15, -0.1) is 0 Å². The predicted molar refractivity (Wildman–Crippen MR) is 65.8 cm³/mol. The molecule has 0 rings (SSSR count). The van der Waals surface area contributed by atoms with E-state index < -0.39 is 17.8 Å². The molecule has 0 aromatic heterocycles. The summed E-state index contributed by atoms with van der Waals surface area (Å²) in [5.74, 6) is 0. The lowest BCUT2D eigenvalue weighted by Crippen LogP contribution is -2.41. The standard InChI is InChI=1S/C12H25NO4/c1-5-10(15)9-13(7-6-8-14)11(16)17-12(2,3)4/h10,14-15H,5-9H2,1-4H3. The van der Waals surface area contributed by atoms with E-state index >= 15 is 0 Å². The van der Waals surface area contributed by atoms with Crippen LogP contribution in [0.25, 0.3) is 0 Å². The third-order valence-electron chi connectivity index (χ3n) is 2.14. The summed E-state index contributed by atoms with van der Waals surface area (Å²) in [6, 6.07) is 0. The zero-order valence-electron chi connectivity index (χ0n) is 11.3. The quantitative estimate of drug-likeness (QED) is 0.744. The van der Waals surface area contributed by atoms with E-state index in [1.165, 1.54) is 4.90 Å². The highest BCUT2D eigenvalue weighted by molar-refractivity contribution is 5.68. The number of aliphatic hydroxyl groups is 2. The number of nitrogens with zero attached hydrogens (tertiary/aromatic N) is 1. The van der Waals surface area contributed by atoms with E-state index in [1.807, 2.05) is 6.92 Å². The fourth-order valence-corrected chi connectivity index (χ4v) is 1.23. The fourth-order valence-electron chi connectivity index (χ4n) is 1.23. The van der Waals surface area contributed by atoms with Crippen LogP contribution in [-0.4, -0.2) is 52.6 Å². The van der Waals surface area contributed by atoms with Gasteiger partial charge in [0, 0.05) is 19.7 Å². The SMILES string of the molecule is CCC(O)CN(CCCO)C(=O)OC(C)(C)C. The number of hydrogen-bond acceptors (Lipinski definition) is 4. The minimum atomic E-state index is -0.554. The molecule has 0 spiro atoms. The Kier molecular flexibility index (Phi) is 7.15. The third kappa shape index (κ3) is 7.99. The second kappa shape index (κ2) is 7.50. The molecule has 5 nitrogen and oxygen atoms in total. The number of aliphatic hydroxyl groups excluding tert-OH is 2. The largest absolute Gasteiger partial charge is 0.444 e. The molecule has 0 aliphatic carbocycles. The van der Waals surface area contributed by atoms with Crippen LogP contribution in [0, 0.1) is 0 Å². The van der Waals surface area contributed by atoms with Gasteiger partial charge in [0.1, 0.15) is 5.60 Å². The van der Waals surface area contributed by atoms with Gasteiger partial charge in [-0.25, -0.2) is 4.79 Å². The van der Waals surface area contributed by atoms with Crippen molar-refractivity contribution in [3.63, 3.8) is 0 Å². The molecule has 2 N–H and O–H groups in total. The van der Waals surface area contributed by atoms with Crippen LogP contribution in [0.4, 0.5) is 4.79 Å². The summed E-state index contributed by atoms with van der Waals surface area (Å²) in [5.41, 5.74) is -0.550. The van der Waals surface area contributed by atoms with Crippen LogP contribution in [0.5, 0.6) is 0 Å². The molecule has 0 aliphatic heterocycles. The number of carbonyl (C=O) groups excluding carboxylic acids is 1. The van der Waals surface area contributed by atoms with E-state index in [0.29, 0.717) is 19.4 Å². The van der Waals surface area contributed by atoms with Crippen molar-refractivity contribution in [1.82, 2.24) is 4.90 Å². The Labute approximate surface area is 103 Å². The predicted octanol–water partition coefficient (Wildman–Crippen LogP) is 1.38. The molecule has 0 aliphatic rings. The van der Waals surface area contributed by atoms with Gasteiger partial charge in [-0.05, 0) is 33.6 Å². The summed E-state index contributed by atoms with van der Waals surface area (Å²) in [5, 5.41) is 18.3. The third-order valence-corrected chi connectivity index (χ3v) is 2.14. The number of rotatable bonds is 6. The highest BCUT2D eigenvalue weighted by atomic mass is 16.6. The van der Waals surface area contributed by atoms with Crippen molar-refractivity contribution in [3.05, 3.63) is 0 Å². The number of carbonyl (C=O) groups is 1. The van der Waals surface area contributed by atoms with Crippen LogP contribution in [-0.2, 0) is 4.74 Å². The van der Waals surface area contributed by atoms with Crippen molar-refractivity contribution >= 4 is 6.09 Å². The summed E-state index contributed by atoms with van der Waals surface area (Å²) >= 11 is 0. The molecule has 1 amide bonds. The molecule has 0 radical (unpaired) electrons. The van der Waals surface area contributed by atoms with E-state index in [9.17, 15) is 9.90 Å². The van der Waals surface area contributed by atoms with Gasteiger partial charge in [0.15, 0.2) is 0 Å². The molecule has 0 saturated heterocycles. The Bertz CT molecular complexity index is 225. The molecule has 0 fully saturated rings. The molecule has 5 heteroatoms. The first-order chi connectivity index (χ1) is 7.80. The van der Waals surface area contributed by atoms with E-state index in [2.05, 4.69) is 0 Å². The minimum Gasteiger partial charge on any atom is -0.444 e. The van der Waals surface area contributed by atoms with Crippen molar-refractivity contribution in [2.24, 2.45) is 0 Å². The molecular formula is C12H25NO4. The lowest BCUT2D eigenvalue weighted by atomic mass is 10.2. The van der Waals surface area contributed by atoms with E-state index in [4.69, 9.17) is 9.84 Å². The molecule has 0 saturated carbocycles. The maximum Gasteiger partial charge on any atom is 0.410 e. The summed E-state index contributed by atoms with van der Waals surface area (Å²) < 4.78 is 5.24. The van der Waals surface area contributed by atoms with Gasteiger partial charge in [0.05, 0.1) is 6.10 Å². The van der Waals surface area contributed by atoms with Crippen molar-refractivity contribution in [1.29, 1.82) is 0 Å². The molecule has 0 aromatic carbocycles. The first-order valence-corrected chi connectivity index (χ1v) is 6.07. The van der Waals surface area contributed by atoms with Crippen molar-refractivity contribution < 1.29 is 19.7 Å². The molecule has 0 aromatic rings. The Morgan fingerprint density at radius 3 is 2.41 bits per heavy atom. The van der Waals surface area contributed by atoms with Crippen molar-refractivity contribution in [2.45, 2.75) is 52.2 Å². The first-order valence-electron chi connectivity index (χ1n) is 6.07. The molecule has 1 atom stereocenters. The normalized spacial score (nSPS) is 13.3. The van der Waals surface area contributed by atoms with Gasteiger partial charge in [-0.3, -0.25) is 0 Å². The first kappa shape index (κ1) is 16.2. The van der Waals surface area contributed by atoms with E-state index in [0.717, 1.165) is 0 Å². The molecule has 1 unspecified atom stereocenters. The van der Waals surface area contributed by atoms with Crippen LogP contribution >= 0.6 is 0 Å². The van der Waals surface area contributed by atoms with Crippen molar-refractivity contribution in [3.8, 4) is 0 Å². The number of hydrogen-bond donors (Lipinski definition) is 2. The topological polar surface area (TPSA) is 70.0 Å². The maximum absolute atomic E-state index is 11.8. The summed E-state index contributed by atoms with van der Waals surface area (Å²) in [7, 11) is 0. The molecule has 17 heavy (non-hydrogen) atoms. The average Bonchev–Trinajstić information content (AvgIpc) is 2.21. The molecule has 102 valence electrons. The van der Waals surface area contributed by atoms with Gasteiger partial charge in [0.2, 0.25) is 0 Å². The monoisotopic (exact) mass is 247 g/mol. The highest BCUT2D eigenvalue weighted by Crippen LogP contribution is 2.11. The minimum absolute atomic E-state index is 0.0154. The molecule has 0 bridgehead atoms. The van der Waals surface area contributed by atoms with Gasteiger partial charge < -0.3 is 19.8 Å². The zero-order valence-corrected chi connectivity index (χ0v) is 11.3. The second-order valence-electron chi connectivity index (χ2n) is 5.07. The summed E-state index contributed by atoms with van der Waals surface area (Å²) in [6.45, 7) is 7.89. The summed E-state index contributed by atoms with van der Waals surface area (Å²) in [6.07, 6.45) is 0.0633. The lowest BCUT2D eigenvalue weighted by Gasteiger charge is -2.28. The van der Waals surface area contributed by atoms with Gasteiger partial charge in [0.25, 0.3) is 0 Å². The maximum atomic E-state index is 11.8. The van der Waals surface area contributed by atoms with Crippen LogP contribution < -0.4 is 0 Å². The highest BCUT2D eigenvalue weighted by Gasteiger charge is 2.23.